The van der Waals surface area contributed by atoms with Gasteiger partial charge in [-0.3, -0.25) is 24.3 Å². The monoisotopic (exact) mass is 559 g/mol. The van der Waals surface area contributed by atoms with Gasteiger partial charge < -0.3 is 16.0 Å². The third-order valence-corrected chi connectivity index (χ3v) is 7.67. The molecule has 8 nitrogen and oxygen atoms in total. The third kappa shape index (κ3) is 7.90. The number of hydrogen-bond acceptors (Lipinski definition) is 5. The van der Waals surface area contributed by atoms with Gasteiger partial charge in [0.1, 0.15) is 0 Å². The van der Waals surface area contributed by atoms with Gasteiger partial charge in [0, 0.05) is 41.5 Å². The van der Waals surface area contributed by atoms with Crippen LogP contribution < -0.4 is 16.0 Å². The van der Waals surface area contributed by atoms with Crippen LogP contribution in [0.25, 0.3) is 0 Å². The molecule has 0 radical (unpaired) electrons. The normalized spacial score (nSPS) is 15.8. The average Bonchev–Trinajstić information content (AvgIpc) is 3.80. The van der Waals surface area contributed by atoms with Gasteiger partial charge in [-0.25, -0.2) is 0 Å². The lowest BCUT2D eigenvalue weighted by molar-refractivity contribution is -0.117. The Labute approximate surface area is 239 Å². The van der Waals surface area contributed by atoms with Gasteiger partial charge in [0.05, 0.1) is 17.4 Å². The molecule has 2 aromatic carbocycles. The number of amides is 3. The van der Waals surface area contributed by atoms with E-state index in [1.54, 1.807) is 30.3 Å². The predicted octanol–water partition coefficient (Wildman–Crippen LogP) is 5.37. The molecule has 3 N–H and O–H groups in total. The quantitative estimate of drug-likeness (QED) is 0.310. The number of benzene rings is 2. The van der Waals surface area contributed by atoms with Crippen LogP contribution in [0.3, 0.4) is 0 Å². The SMILES string of the molecule is O=C(NCCC1CCN(Cc2cccc(Cl)c2)CC1)c1cncc(NC(=O)c2cccc(NC(=O)C3CC3)c2)c1. The van der Waals surface area contributed by atoms with E-state index >= 15 is 0 Å². The highest BCUT2D eigenvalue weighted by Gasteiger charge is 2.29. The first kappa shape index (κ1) is 27.8. The summed E-state index contributed by atoms with van der Waals surface area (Å²) >= 11 is 6.11. The summed E-state index contributed by atoms with van der Waals surface area (Å²) in [5, 5.41) is 9.41. The van der Waals surface area contributed by atoms with Crippen molar-refractivity contribution in [3.63, 3.8) is 0 Å². The number of carbonyl (C=O) groups excluding carboxylic acids is 3. The molecule has 2 aliphatic rings. The smallest absolute Gasteiger partial charge is 0.255 e. The Hall–Kier alpha value is -3.75. The second-order valence-electron chi connectivity index (χ2n) is 10.7. The zero-order valence-electron chi connectivity index (χ0n) is 22.4. The zero-order chi connectivity index (χ0) is 27.9. The van der Waals surface area contributed by atoms with Crippen LogP contribution in [0.4, 0.5) is 11.4 Å². The summed E-state index contributed by atoms with van der Waals surface area (Å²) in [5.74, 6) is 0.0791. The number of rotatable bonds is 10. The molecule has 5 rings (SSSR count). The molecular weight excluding hydrogens is 526 g/mol. The Morgan fingerprint density at radius 2 is 1.62 bits per heavy atom. The first-order chi connectivity index (χ1) is 19.4. The van der Waals surface area contributed by atoms with Crippen molar-refractivity contribution >= 4 is 40.7 Å². The average molecular weight is 560 g/mol. The molecule has 2 fully saturated rings. The largest absolute Gasteiger partial charge is 0.352 e. The van der Waals surface area contributed by atoms with Crippen molar-refractivity contribution in [1.29, 1.82) is 0 Å². The van der Waals surface area contributed by atoms with Crippen LogP contribution in [0.15, 0.2) is 67.0 Å². The van der Waals surface area contributed by atoms with Crippen molar-refractivity contribution < 1.29 is 14.4 Å². The Kier molecular flexibility index (Phi) is 9.08. The number of aromatic nitrogens is 1. The summed E-state index contributed by atoms with van der Waals surface area (Å²) in [4.78, 5) is 44.2. The lowest BCUT2D eigenvalue weighted by Gasteiger charge is -2.32. The van der Waals surface area contributed by atoms with Crippen LogP contribution in [0, 0.1) is 11.8 Å². The fraction of sp³-hybridized carbons (Fsp3) is 0.355. The number of nitrogens with one attached hydrogen (secondary N) is 3. The molecule has 40 heavy (non-hydrogen) atoms. The molecule has 1 saturated carbocycles. The van der Waals surface area contributed by atoms with Crippen molar-refractivity contribution in [3.05, 3.63) is 88.7 Å². The van der Waals surface area contributed by atoms with Crippen LogP contribution in [-0.2, 0) is 11.3 Å². The van der Waals surface area contributed by atoms with E-state index in [2.05, 4.69) is 31.9 Å². The number of anilines is 2. The van der Waals surface area contributed by atoms with Crippen LogP contribution in [0.2, 0.25) is 5.02 Å². The van der Waals surface area contributed by atoms with E-state index in [4.69, 9.17) is 11.6 Å². The van der Waals surface area contributed by atoms with Crippen molar-refractivity contribution in [2.24, 2.45) is 11.8 Å². The van der Waals surface area contributed by atoms with Gasteiger partial charge in [-0.2, -0.15) is 0 Å². The second kappa shape index (κ2) is 13.1. The standard InChI is InChI=1S/C31H34ClN5O3/c32-26-5-1-3-22(15-26)20-37-13-10-21(11-14-37)9-12-34-29(38)25-17-28(19-33-18-25)36-31(40)24-4-2-6-27(16-24)35-30(39)23-7-8-23/h1-6,15-19,21,23H,7-14,20H2,(H,34,38)(H,35,39)(H,36,40). The van der Waals surface area contributed by atoms with Crippen molar-refractivity contribution in [2.45, 2.75) is 38.6 Å². The number of piperidine rings is 1. The Bertz CT molecular complexity index is 1370. The van der Waals surface area contributed by atoms with Gasteiger partial charge in [0.15, 0.2) is 0 Å². The molecule has 1 aliphatic heterocycles. The lowest BCUT2D eigenvalue weighted by Crippen LogP contribution is -2.34. The van der Waals surface area contributed by atoms with Crippen LogP contribution in [-0.4, -0.2) is 47.2 Å². The molecule has 0 spiro atoms. The van der Waals surface area contributed by atoms with Crippen LogP contribution in [0.1, 0.15) is 58.4 Å². The molecule has 208 valence electrons. The van der Waals surface area contributed by atoms with Crippen LogP contribution >= 0.6 is 11.6 Å². The van der Waals surface area contributed by atoms with E-state index in [-0.39, 0.29) is 23.6 Å². The number of nitrogens with zero attached hydrogens (tertiary/aromatic N) is 2. The highest BCUT2D eigenvalue weighted by atomic mass is 35.5. The number of carbonyl (C=O) groups is 3. The number of likely N-dealkylation sites (tertiary alicyclic amines) is 1. The fourth-order valence-electron chi connectivity index (χ4n) is 4.98. The first-order valence-electron chi connectivity index (χ1n) is 13.9. The maximum Gasteiger partial charge on any atom is 0.255 e. The van der Waals surface area contributed by atoms with Crippen LogP contribution in [0.5, 0.6) is 0 Å². The number of pyridine rings is 1. The van der Waals surface area contributed by atoms with E-state index in [1.807, 2.05) is 18.2 Å². The molecule has 0 bridgehead atoms. The highest BCUT2D eigenvalue weighted by Crippen LogP contribution is 2.30. The molecule has 2 heterocycles. The molecule has 3 amide bonds. The highest BCUT2D eigenvalue weighted by molar-refractivity contribution is 6.30. The molecule has 0 unspecified atom stereocenters. The van der Waals surface area contributed by atoms with Gasteiger partial charge in [0.2, 0.25) is 5.91 Å². The fourth-order valence-corrected chi connectivity index (χ4v) is 5.20. The maximum absolute atomic E-state index is 12.8. The summed E-state index contributed by atoms with van der Waals surface area (Å²) in [6.45, 7) is 3.57. The first-order valence-corrected chi connectivity index (χ1v) is 14.2. The van der Waals surface area contributed by atoms with E-state index in [0.717, 1.165) is 56.8 Å². The molecule has 1 aliphatic carbocycles. The summed E-state index contributed by atoms with van der Waals surface area (Å²) in [6.07, 6.45) is 7.95. The second-order valence-corrected chi connectivity index (χ2v) is 11.1. The minimum atomic E-state index is -0.344. The third-order valence-electron chi connectivity index (χ3n) is 7.44. The van der Waals surface area contributed by atoms with Crippen molar-refractivity contribution in [3.8, 4) is 0 Å². The van der Waals surface area contributed by atoms with Gasteiger partial charge in [-0.1, -0.05) is 29.8 Å². The topological polar surface area (TPSA) is 103 Å². The van der Waals surface area contributed by atoms with Crippen molar-refractivity contribution in [1.82, 2.24) is 15.2 Å². The Morgan fingerprint density at radius 3 is 2.40 bits per heavy atom. The minimum absolute atomic E-state index is 0.0141. The molecule has 0 atom stereocenters. The molecule has 1 aromatic heterocycles. The van der Waals surface area contributed by atoms with E-state index < -0.39 is 0 Å². The van der Waals surface area contributed by atoms with Crippen molar-refractivity contribution in [2.75, 3.05) is 30.3 Å². The Morgan fingerprint density at radius 1 is 0.850 bits per heavy atom. The molecule has 9 heteroatoms. The maximum atomic E-state index is 12.8. The zero-order valence-corrected chi connectivity index (χ0v) is 23.1. The van der Waals surface area contributed by atoms with E-state index in [9.17, 15) is 14.4 Å². The van der Waals surface area contributed by atoms with Gasteiger partial charge in [-0.15, -0.1) is 0 Å². The summed E-state index contributed by atoms with van der Waals surface area (Å²) in [5.41, 5.74) is 3.04. The van der Waals surface area contributed by atoms with E-state index in [0.29, 0.717) is 35.0 Å². The predicted molar refractivity (Wildman–Crippen MR) is 156 cm³/mol. The number of hydrogen-bond donors (Lipinski definition) is 3. The van der Waals surface area contributed by atoms with Gasteiger partial charge in [-0.05, 0) is 93.1 Å². The molecule has 3 aromatic rings. The summed E-state index contributed by atoms with van der Waals surface area (Å²) in [6, 6.07) is 16.4. The lowest BCUT2D eigenvalue weighted by atomic mass is 9.93. The molecule has 1 saturated heterocycles. The van der Waals surface area contributed by atoms with Gasteiger partial charge >= 0.3 is 0 Å². The molecular formula is C31H34ClN5O3. The minimum Gasteiger partial charge on any atom is -0.352 e. The number of halogens is 1. The summed E-state index contributed by atoms with van der Waals surface area (Å²) < 4.78 is 0. The van der Waals surface area contributed by atoms with Gasteiger partial charge in [0.25, 0.3) is 11.8 Å². The Balaban J connectivity index is 1.06. The summed E-state index contributed by atoms with van der Waals surface area (Å²) in [7, 11) is 0. The van der Waals surface area contributed by atoms with E-state index in [1.165, 1.54) is 18.0 Å².